The summed E-state index contributed by atoms with van der Waals surface area (Å²) in [6, 6.07) is 10.9. The van der Waals surface area contributed by atoms with Crippen molar-refractivity contribution in [3.05, 3.63) is 35.9 Å². The zero-order valence-corrected chi connectivity index (χ0v) is 11.0. The van der Waals surface area contributed by atoms with Crippen molar-refractivity contribution in [2.45, 2.75) is 26.3 Å². The second-order valence-corrected chi connectivity index (χ2v) is 5.56. The van der Waals surface area contributed by atoms with Crippen LogP contribution in [0.25, 0.3) is 0 Å². The van der Waals surface area contributed by atoms with E-state index in [0.717, 1.165) is 18.1 Å². The highest BCUT2D eigenvalue weighted by Gasteiger charge is 2.07. The molecule has 1 aromatic carbocycles. The number of hydrazine groups is 1. The quantitative estimate of drug-likeness (QED) is 0.566. The summed E-state index contributed by atoms with van der Waals surface area (Å²) in [4.78, 5) is 0. The maximum Gasteiger partial charge on any atom is 0.0341 e. The normalized spacial score (nSPS) is 13.0. The summed E-state index contributed by atoms with van der Waals surface area (Å²) in [7, 11) is 0. The Balaban J connectivity index is 2.32. The van der Waals surface area contributed by atoms with Crippen molar-refractivity contribution in [2.75, 3.05) is 11.5 Å². The predicted octanol–water partition coefficient (Wildman–Crippen LogP) is 2.45. The van der Waals surface area contributed by atoms with Crippen molar-refractivity contribution in [1.29, 1.82) is 0 Å². The molecule has 1 aromatic rings. The predicted molar refractivity (Wildman–Crippen MR) is 73.4 cm³/mol. The van der Waals surface area contributed by atoms with Gasteiger partial charge in [0.2, 0.25) is 0 Å². The Bertz CT molecular complexity index is 275. The summed E-state index contributed by atoms with van der Waals surface area (Å²) in [6.45, 7) is 4.49. The van der Waals surface area contributed by atoms with Crippen LogP contribution in [0.5, 0.6) is 0 Å². The summed E-state index contributed by atoms with van der Waals surface area (Å²) in [5.41, 5.74) is 4.25. The van der Waals surface area contributed by atoms with Crippen LogP contribution in [0.3, 0.4) is 0 Å². The molecule has 0 aliphatic heterocycles. The number of nitrogens with two attached hydrogens (primary N) is 1. The molecule has 90 valence electrons. The molecule has 1 rings (SSSR count). The van der Waals surface area contributed by atoms with Gasteiger partial charge in [0.1, 0.15) is 0 Å². The number of thioether (sulfide) groups is 1. The monoisotopic (exact) mass is 238 g/mol. The lowest BCUT2D eigenvalue weighted by molar-refractivity contribution is 0.575. The molecule has 0 aromatic heterocycles. The van der Waals surface area contributed by atoms with Crippen LogP contribution >= 0.6 is 11.8 Å². The highest BCUT2D eigenvalue weighted by atomic mass is 32.2. The largest absolute Gasteiger partial charge is 0.271 e. The second-order valence-electron chi connectivity index (χ2n) is 4.48. The fraction of sp³-hybridized carbons (Fsp3) is 0.538. The number of hydrogen-bond acceptors (Lipinski definition) is 3. The van der Waals surface area contributed by atoms with E-state index in [0.29, 0.717) is 6.04 Å². The van der Waals surface area contributed by atoms with E-state index >= 15 is 0 Å². The van der Waals surface area contributed by atoms with Gasteiger partial charge in [-0.3, -0.25) is 11.3 Å². The molecule has 0 saturated heterocycles. The highest BCUT2D eigenvalue weighted by molar-refractivity contribution is 7.99. The van der Waals surface area contributed by atoms with Gasteiger partial charge in [0.15, 0.2) is 0 Å². The first-order valence-corrected chi connectivity index (χ1v) is 6.95. The molecule has 16 heavy (non-hydrogen) atoms. The van der Waals surface area contributed by atoms with Crippen LogP contribution in [0.4, 0.5) is 0 Å². The SMILES string of the molecule is CC(C)CSCC(Cc1ccccc1)NN. The van der Waals surface area contributed by atoms with Gasteiger partial charge in [-0.05, 0) is 23.7 Å². The maximum atomic E-state index is 5.57. The summed E-state index contributed by atoms with van der Waals surface area (Å²) in [6.07, 6.45) is 1.00. The minimum Gasteiger partial charge on any atom is -0.271 e. The van der Waals surface area contributed by atoms with Gasteiger partial charge in [-0.25, -0.2) is 0 Å². The topological polar surface area (TPSA) is 38.0 Å². The maximum absolute atomic E-state index is 5.57. The Labute approximate surface area is 103 Å². The van der Waals surface area contributed by atoms with Gasteiger partial charge in [-0.1, -0.05) is 44.2 Å². The molecule has 1 atom stereocenters. The van der Waals surface area contributed by atoms with Gasteiger partial charge < -0.3 is 0 Å². The molecule has 0 radical (unpaired) electrons. The van der Waals surface area contributed by atoms with Gasteiger partial charge in [0, 0.05) is 11.8 Å². The number of nitrogens with one attached hydrogen (secondary N) is 1. The number of rotatable bonds is 7. The summed E-state index contributed by atoms with van der Waals surface area (Å²) >= 11 is 1.97. The molecule has 0 aliphatic rings. The molecule has 0 spiro atoms. The van der Waals surface area contributed by atoms with Gasteiger partial charge in [-0.15, -0.1) is 0 Å². The van der Waals surface area contributed by atoms with E-state index < -0.39 is 0 Å². The molecule has 0 saturated carbocycles. The van der Waals surface area contributed by atoms with E-state index in [4.69, 9.17) is 5.84 Å². The zero-order valence-electron chi connectivity index (χ0n) is 10.1. The van der Waals surface area contributed by atoms with Crippen molar-refractivity contribution < 1.29 is 0 Å². The van der Waals surface area contributed by atoms with Crippen molar-refractivity contribution in [3.8, 4) is 0 Å². The van der Waals surface area contributed by atoms with E-state index in [1.54, 1.807) is 0 Å². The van der Waals surface area contributed by atoms with E-state index in [1.807, 2.05) is 17.8 Å². The van der Waals surface area contributed by atoms with Crippen LogP contribution in [-0.2, 0) is 6.42 Å². The Morgan fingerprint density at radius 3 is 2.44 bits per heavy atom. The first kappa shape index (κ1) is 13.6. The Hall–Kier alpha value is -0.510. The van der Waals surface area contributed by atoms with Crippen molar-refractivity contribution in [3.63, 3.8) is 0 Å². The fourth-order valence-electron chi connectivity index (χ4n) is 1.51. The molecule has 0 fully saturated rings. The Morgan fingerprint density at radius 1 is 1.19 bits per heavy atom. The zero-order chi connectivity index (χ0) is 11.8. The van der Waals surface area contributed by atoms with Crippen LogP contribution in [0.1, 0.15) is 19.4 Å². The van der Waals surface area contributed by atoms with Gasteiger partial charge in [-0.2, -0.15) is 11.8 Å². The minimum absolute atomic E-state index is 0.367. The molecular formula is C13H22N2S. The standard InChI is InChI=1S/C13H22N2S/c1-11(2)9-16-10-13(15-14)8-12-6-4-3-5-7-12/h3-7,11,13,15H,8-10,14H2,1-2H3. The van der Waals surface area contributed by atoms with Crippen molar-refractivity contribution in [2.24, 2.45) is 11.8 Å². The molecule has 3 N–H and O–H groups in total. The Morgan fingerprint density at radius 2 is 1.88 bits per heavy atom. The average Bonchev–Trinajstić information content (AvgIpc) is 2.28. The van der Waals surface area contributed by atoms with Crippen LogP contribution in [-0.4, -0.2) is 17.5 Å². The van der Waals surface area contributed by atoms with Crippen LogP contribution < -0.4 is 11.3 Å². The van der Waals surface area contributed by atoms with E-state index in [-0.39, 0.29) is 0 Å². The summed E-state index contributed by atoms with van der Waals surface area (Å²) in [5, 5.41) is 0. The highest BCUT2D eigenvalue weighted by Crippen LogP contribution is 2.11. The third kappa shape index (κ3) is 5.54. The van der Waals surface area contributed by atoms with Crippen LogP contribution in [0.15, 0.2) is 30.3 Å². The molecule has 0 bridgehead atoms. The molecule has 2 nitrogen and oxygen atoms in total. The van der Waals surface area contributed by atoms with E-state index in [2.05, 4.69) is 43.5 Å². The van der Waals surface area contributed by atoms with Gasteiger partial charge >= 0.3 is 0 Å². The lowest BCUT2D eigenvalue weighted by atomic mass is 10.1. The van der Waals surface area contributed by atoms with E-state index in [1.165, 1.54) is 11.3 Å². The smallest absolute Gasteiger partial charge is 0.0341 e. The van der Waals surface area contributed by atoms with Crippen LogP contribution in [0, 0.1) is 5.92 Å². The van der Waals surface area contributed by atoms with Gasteiger partial charge in [0.25, 0.3) is 0 Å². The molecule has 0 aliphatic carbocycles. The third-order valence-electron chi connectivity index (χ3n) is 2.33. The molecule has 0 amide bonds. The summed E-state index contributed by atoms with van der Waals surface area (Å²) < 4.78 is 0. The first-order chi connectivity index (χ1) is 7.72. The lowest BCUT2D eigenvalue weighted by Crippen LogP contribution is -2.38. The molecule has 0 heterocycles. The summed E-state index contributed by atoms with van der Waals surface area (Å²) in [5.74, 6) is 8.60. The fourth-order valence-corrected chi connectivity index (χ4v) is 2.62. The van der Waals surface area contributed by atoms with Crippen molar-refractivity contribution >= 4 is 11.8 Å². The number of benzene rings is 1. The second kappa shape index (κ2) is 7.71. The molecule has 3 heteroatoms. The van der Waals surface area contributed by atoms with Gasteiger partial charge in [0.05, 0.1) is 0 Å². The van der Waals surface area contributed by atoms with E-state index in [9.17, 15) is 0 Å². The molecular weight excluding hydrogens is 216 g/mol. The third-order valence-corrected chi connectivity index (χ3v) is 3.87. The Kier molecular flexibility index (Phi) is 6.53. The van der Waals surface area contributed by atoms with Crippen molar-refractivity contribution in [1.82, 2.24) is 5.43 Å². The van der Waals surface area contributed by atoms with Crippen LogP contribution in [0.2, 0.25) is 0 Å². The number of hydrogen-bond donors (Lipinski definition) is 2. The lowest BCUT2D eigenvalue weighted by Gasteiger charge is -2.16. The first-order valence-electron chi connectivity index (χ1n) is 5.80. The minimum atomic E-state index is 0.367. The average molecular weight is 238 g/mol. The molecule has 1 unspecified atom stereocenters.